The minimum atomic E-state index is -0.149. The number of rotatable bonds is 2. The second kappa shape index (κ2) is 4.61. The predicted molar refractivity (Wildman–Crippen MR) is 81.0 cm³/mol. The minimum absolute atomic E-state index is 0.149. The molecule has 0 aliphatic heterocycles. The lowest BCUT2D eigenvalue weighted by atomic mass is 10.0. The molecule has 3 aromatic rings. The normalized spacial score (nSPS) is 12.8. The summed E-state index contributed by atoms with van der Waals surface area (Å²) >= 11 is 0. The van der Waals surface area contributed by atoms with Gasteiger partial charge < -0.3 is 16.0 Å². The van der Waals surface area contributed by atoms with E-state index >= 15 is 0 Å². The van der Waals surface area contributed by atoms with Crippen LogP contribution in [0, 0.1) is 0 Å². The number of hydrogen-bond donors (Lipinski definition) is 2. The number of nitrogen functional groups attached to an aromatic ring is 1. The summed E-state index contributed by atoms with van der Waals surface area (Å²) in [5, 5.41) is 0. The first-order valence-corrected chi connectivity index (χ1v) is 6.49. The zero-order valence-electron chi connectivity index (χ0n) is 11.5. The lowest BCUT2D eigenvalue weighted by Gasteiger charge is -2.13. The molecule has 3 heterocycles. The Labute approximate surface area is 117 Å². The van der Waals surface area contributed by atoms with Crippen LogP contribution in [0.3, 0.4) is 0 Å². The average Bonchev–Trinajstić information content (AvgIpc) is 2.78. The number of fused-ring (bicyclic) bond motifs is 1. The number of aromatic nitrogens is 3. The number of nitrogens with two attached hydrogens (primary N) is 2. The highest BCUT2D eigenvalue weighted by atomic mass is 14.9. The molecule has 0 amide bonds. The van der Waals surface area contributed by atoms with Crippen molar-refractivity contribution < 1.29 is 0 Å². The molecular weight excluding hydrogens is 250 g/mol. The number of pyridine rings is 2. The van der Waals surface area contributed by atoms with E-state index in [4.69, 9.17) is 16.5 Å². The predicted octanol–water partition coefficient (Wildman–Crippen LogP) is 2.24. The van der Waals surface area contributed by atoms with Crippen LogP contribution in [-0.2, 0) is 7.05 Å². The van der Waals surface area contributed by atoms with Crippen LogP contribution in [0.15, 0.2) is 36.7 Å². The van der Waals surface area contributed by atoms with Crippen molar-refractivity contribution >= 4 is 16.9 Å². The SMILES string of the molecule is C[C@H](N)c1nc2ccn(C)c2cc1-c1ccnc(N)c1. The number of nitrogens with zero attached hydrogens (tertiary/aromatic N) is 3. The van der Waals surface area contributed by atoms with Crippen LogP contribution in [0.4, 0.5) is 5.82 Å². The summed E-state index contributed by atoms with van der Waals surface area (Å²) in [6.45, 7) is 1.94. The molecule has 102 valence electrons. The lowest BCUT2D eigenvalue weighted by molar-refractivity contribution is 0.789. The molecule has 0 radical (unpaired) electrons. The number of aryl methyl sites for hydroxylation is 1. The van der Waals surface area contributed by atoms with Gasteiger partial charge in [0.25, 0.3) is 0 Å². The Morgan fingerprint density at radius 1 is 1.25 bits per heavy atom. The molecule has 0 aromatic carbocycles. The van der Waals surface area contributed by atoms with Crippen LogP contribution in [0.2, 0.25) is 0 Å². The first-order chi connectivity index (χ1) is 9.56. The van der Waals surface area contributed by atoms with Crippen LogP contribution in [0.25, 0.3) is 22.2 Å². The van der Waals surface area contributed by atoms with Crippen LogP contribution >= 0.6 is 0 Å². The molecule has 0 aliphatic rings. The molecule has 0 saturated heterocycles. The summed E-state index contributed by atoms with van der Waals surface area (Å²) in [6, 6.07) is 7.72. The Bertz CT molecular complexity index is 773. The maximum atomic E-state index is 6.07. The zero-order valence-corrected chi connectivity index (χ0v) is 11.5. The van der Waals surface area contributed by atoms with Crippen molar-refractivity contribution in [2.45, 2.75) is 13.0 Å². The van der Waals surface area contributed by atoms with Crippen molar-refractivity contribution in [3.8, 4) is 11.1 Å². The van der Waals surface area contributed by atoms with Crippen molar-refractivity contribution in [2.75, 3.05) is 5.73 Å². The van der Waals surface area contributed by atoms with Crippen LogP contribution < -0.4 is 11.5 Å². The Morgan fingerprint density at radius 2 is 2.05 bits per heavy atom. The van der Waals surface area contributed by atoms with Crippen LogP contribution in [-0.4, -0.2) is 14.5 Å². The maximum Gasteiger partial charge on any atom is 0.123 e. The molecule has 0 aliphatic carbocycles. The molecule has 0 fully saturated rings. The van der Waals surface area contributed by atoms with Crippen LogP contribution in [0.1, 0.15) is 18.7 Å². The molecular formula is C15H17N5. The molecule has 0 saturated carbocycles. The molecule has 5 heteroatoms. The van der Waals surface area contributed by atoms with E-state index in [2.05, 4.69) is 11.1 Å². The van der Waals surface area contributed by atoms with Gasteiger partial charge in [0.2, 0.25) is 0 Å². The van der Waals surface area contributed by atoms with Gasteiger partial charge in [-0.15, -0.1) is 0 Å². The fourth-order valence-corrected chi connectivity index (χ4v) is 2.39. The van der Waals surface area contributed by atoms with E-state index in [-0.39, 0.29) is 6.04 Å². The Kier molecular flexibility index (Phi) is 2.91. The van der Waals surface area contributed by atoms with Gasteiger partial charge in [0.15, 0.2) is 0 Å². The summed E-state index contributed by atoms with van der Waals surface area (Å²) in [5.41, 5.74) is 16.7. The number of anilines is 1. The van der Waals surface area contributed by atoms with Gasteiger partial charge in [-0.1, -0.05) is 0 Å². The van der Waals surface area contributed by atoms with Gasteiger partial charge in [0.1, 0.15) is 5.82 Å². The van der Waals surface area contributed by atoms with E-state index in [0.29, 0.717) is 5.82 Å². The Hall–Kier alpha value is -2.40. The van der Waals surface area contributed by atoms with Crippen molar-refractivity contribution in [1.82, 2.24) is 14.5 Å². The zero-order chi connectivity index (χ0) is 14.3. The molecule has 1 atom stereocenters. The van der Waals surface area contributed by atoms with E-state index in [1.54, 1.807) is 6.20 Å². The van der Waals surface area contributed by atoms with Gasteiger partial charge in [-0.2, -0.15) is 0 Å². The average molecular weight is 267 g/mol. The summed E-state index contributed by atoms with van der Waals surface area (Å²) in [5.74, 6) is 0.491. The van der Waals surface area contributed by atoms with Crippen molar-refractivity contribution in [2.24, 2.45) is 12.8 Å². The van der Waals surface area contributed by atoms with Gasteiger partial charge in [0, 0.05) is 31.0 Å². The Balaban J connectivity index is 2.31. The van der Waals surface area contributed by atoms with Gasteiger partial charge in [0.05, 0.1) is 16.7 Å². The first-order valence-electron chi connectivity index (χ1n) is 6.49. The molecule has 3 rings (SSSR count). The lowest BCUT2D eigenvalue weighted by Crippen LogP contribution is -2.09. The van der Waals surface area contributed by atoms with Gasteiger partial charge in [-0.25, -0.2) is 9.97 Å². The van der Waals surface area contributed by atoms with Crippen molar-refractivity contribution in [1.29, 1.82) is 0 Å². The van der Waals surface area contributed by atoms with E-state index < -0.39 is 0 Å². The van der Waals surface area contributed by atoms with E-state index in [0.717, 1.165) is 27.9 Å². The summed E-state index contributed by atoms with van der Waals surface area (Å²) in [4.78, 5) is 8.73. The molecule has 20 heavy (non-hydrogen) atoms. The second-order valence-corrected chi connectivity index (χ2v) is 5.01. The summed E-state index contributed by atoms with van der Waals surface area (Å²) in [6.07, 6.45) is 3.69. The fourth-order valence-electron chi connectivity index (χ4n) is 2.39. The fraction of sp³-hybridized carbons (Fsp3) is 0.200. The third-order valence-corrected chi connectivity index (χ3v) is 3.42. The first kappa shape index (κ1) is 12.6. The van der Waals surface area contributed by atoms with E-state index in [9.17, 15) is 0 Å². The molecule has 0 spiro atoms. The highest BCUT2D eigenvalue weighted by Crippen LogP contribution is 2.30. The van der Waals surface area contributed by atoms with Gasteiger partial charge in [-0.05, 0) is 36.8 Å². The van der Waals surface area contributed by atoms with Gasteiger partial charge in [-0.3, -0.25) is 0 Å². The van der Waals surface area contributed by atoms with Crippen LogP contribution in [0.5, 0.6) is 0 Å². The topological polar surface area (TPSA) is 82.8 Å². The van der Waals surface area contributed by atoms with Crippen molar-refractivity contribution in [3.63, 3.8) is 0 Å². The standard InChI is InChI=1S/C15H17N5/c1-9(16)15-11(10-3-5-18-14(17)7-10)8-13-12(19-15)4-6-20(13)2/h3-9H,16H2,1-2H3,(H2,17,18)/t9-/m0/s1. The quantitative estimate of drug-likeness (QED) is 0.746. The summed E-state index contributed by atoms with van der Waals surface area (Å²) < 4.78 is 2.04. The largest absolute Gasteiger partial charge is 0.384 e. The highest BCUT2D eigenvalue weighted by molar-refractivity contribution is 5.83. The molecule has 5 nitrogen and oxygen atoms in total. The smallest absolute Gasteiger partial charge is 0.123 e. The van der Waals surface area contributed by atoms with E-state index in [1.807, 2.05) is 42.9 Å². The second-order valence-electron chi connectivity index (χ2n) is 5.01. The third-order valence-electron chi connectivity index (χ3n) is 3.42. The van der Waals surface area contributed by atoms with Crippen molar-refractivity contribution in [3.05, 3.63) is 42.4 Å². The van der Waals surface area contributed by atoms with E-state index in [1.165, 1.54) is 0 Å². The monoisotopic (exact) mass is 267 g/mol. The molecule has 3 aromatic heterocycles. The van der Waals surface area contributed by atoms with Gasteiger partial charge >= 0.3 is 0 Å². The molecule has 0 unspecified atom stereocenters. The Morgan fingerprint density at radius 3 is 2.75 bits per heavy atom. The molecule has 0 bridgehead atoms. The molecule has 4 N–H and O–H groups in total. The summed E-state index contributed by atoms with van der Waals surface area (Å²) in [7, 11) is 2.00. The number of hydrogen-bond acceptors (Lipinski definition) is 4. The maximum absolute atomic E-state index is 6.07. The highest BCUT2D eigenvalue weighted by Gasteiger charge is 2.14. The third kappa shape index (κ3) is 2.02. The minimum Gasteiger partial charge on any atom is -0.384 e.